The maximum atomic E-state index is 12.1. The Balaban J connectivity index is 1.68. The van der Waals surface area contributed by atoms with Gasteiger partial charge in [-0.15, -0.1) is 0 Å². The Bertz CT molecular complexity index is 1040. The van der Waals surface area contributed by atoms with Crippen LogP contribution in [0.2, 0.25) is 0 Å². The van der Waals surface area contributed by atoms with Gasteiger partial charge in [0.15, 0.2) is 0 Å². The molecule has 1 aliphatic carbocycles. The SMILES string of the molecule is CC(=O)N1CCC=C(c2ccc(C(N)=O)c3[nH]c4c(c23)CC2(CCOC2)CC4)C1. The van der Waals surface area contributed by atoms with Gasteiger partial charge in [0.25, 0.3) is 5.91 Å². The van der Waals surface area contributed by atoms with Crippen molar-refractivity contribution in [3.05, 3.63) is 40.6 Å². The fourth-order valence-corrected chi connectivity index (χ4v) is 5.35. The fraction of sp³-hybridized carbons (Fsp3) is 0.478. The molecule has 6 heteroatoms. The minimum absolute atomic E-state index is 0.0961. The van der Waals surface area contributed by atoms with Crippen LogP contribution in [0.3, 0.4) is 0 Å². The highest BCUT2D eigenvalue weighted by molar-refractivity contribution is 6.09. The van der Waals surface area contributed by atoms with Crippen molar-refractivity contribution in [2.75, 3.05) is 26.3 Å². The molecule has 1 saturated heterocycles. The summed E-state index contributed by atoms with van der Waals surface area (Å²) in [6.07, 6.45) is 7.19. The van der Waals surface area contributed by atoms with Crippen molar-refractivity contribution in [3.63, 3.8) is 0 Å². The lowest BCUT2D eigenvalue weighted by Gasteiger charge is -2.32. The number of rotatable bonds is 2. The summed E-state index contributed by atoms with van der Waals surface area (Å²) in [4.78, 5) is 29.5. The molecule has 6 nitrogen and oxygen atoms in total. The van der Waals surface area contributed by atoms with E-state index < -0.39 is 5.91 Å². The maximum absolute atomic E-state index is 12.1. The second-order valence-corrected chi connectivity index (χ2v) is 8.80. The van der Waals surface area contributed by atoms with Crippen LogP contribution in [-0.4, -0.2) is 48.0 Å². The first kappa shape index (κ1) is 18.4. The topological polar surface area (TPSA) is 88.4 Å². The number of ether oxygens (including phenoxy) is 1. The van der Waals surface area contributed by atoms with Crippen LogP contribution in [0.5, 0.6) is 0 Å². The van der Waals surface area contributed by atoms with Crippen molar-refractivity contribution in [1.82, 2.24) is 9.88 Å². The van der Waals surface area contributed by atoms with E-state index in [1.165, 1.54) is 11.3 Å². The van der Waals surface area contributed by atoms with Crippen molar-refractivity contribution < 1.29 is 14.3 Å². The summed E-state index contributed by atoms with van der Waals surface area (Å²) in [6.45, 7) is 4.62. The van der Waals surface area contributed by atoms with E-state index in [0.29, 0.717) is 12.1 Å². The van der Waals surface area contributed by atoms with Crippen molar-refractivity contribution in [1.29, 1.82) is 0 Å². The number of aromatic nitrogens is 1. The number of nitrogens with two attached hydrogens (primary N) is 1. The number of H-pyrrole nitrogens is 1. The zero-order valence-electron chi connectivity index (χ0n) is 16.8. The minimum Gasteiger partial charge on any atom is -0.381 e. The molecule has 1 unspecified atom stereocenters. The highest BCUT2D eigenvalue weighted by Crippen LogP contribution is 2.45. The molecule has 1 atom stereocenters. The smallest absolute Gasteiger partial charge is 0.250 e. The van der Waals surface area contributed by atoms with Gasteiger partial charge >= 0.3 is 0 Å². The molecule has 1 fully saturated rings. The predicted octanol–water partition coefficient (Wildman–Crippen LogP) is 2.80. The average Bonchev–Trinajstić information content (AvgIpc) is 3.32. The first-order chi connectivity index (χ1) is 14.0. The molecule has 2 aliphatic heterocycles. The molecule has 1 spiro atoms. The molecule has 1 aromatic carbocycles. The first-order valence-corrected chi connectivity index (χ1v) is 10.5. The number of nitrogens with zero attached hydrogens (tertiary/aromatic N) is 1. The maximum Gasteiger partial charge on any atom is 0.250 e. The van der Waals surface area contributed by atoms with Gasteiger partial charge in [-0.25, -0.2) is 0 Å². The van der Waals surface area contributed by atoms with E-state index in [1.807, 2.05) is 17.0 Å². The Kier molecular flexibility index (Phi) is 4.28. The number of carbonyl (C=O) groups is 2. The highest BCUT2D eigenvalue weighted by Gasteiger charge is 2.40. The first-order valence-electron chi connectivity index (χ1n) is 10.5. The quantitative estimate of drug-likeness (QED) is 0.822. The average molecular weight is 393 g/mol. The van der Waals surface area contributed by atoms with E-state index >= 15 is 0 Å². The second kappa shape index (κ2) is 6.73. The number of hydrogen-bond donors (Lipinski definition) is 2. The zero-order chi connectivity index (χ0) is 20.2. The van der Waals surface area contributed by atoms with E-state index in [0.717, 1.165) is 73.9 Å². The molecule has 29 heavy (non-hydrogen) atoms. The standard InChI is InChI=1S/C23H27N3O3/c1-14(27)26-9-2-3-15(12-26)16-4-5-17(22(24)28)21-20(16)18-11-23(8-10-29-13-23)7-6-19(18)25-21/h3-5,25H,2,6-13H2,1H3,(H2,24,28). The van der Waals surface area contributed by atoms with Gasteiger partial charge in [-0.05, 0) is 54.9 Å². The zero-order valence-corrected chi connectivity index (χ0v) is 16.8. The summed E-state index contributed by atoms with van der Waals surface area (Å²) in [5.74, 6) is -0.319. The van der Waals surface area contributed by atoms with Crippen molar-refractivity contribution >= 4 is 28.3 Å². The molecular formula is C23H27N3O3. The molecule has 1 aromatic heterocycles. The third-order valence-corrected chi connectivity index (χ3v) is 7.00. The third-order valence-electron chi connectivity index (χ3n) is 7.00. The van der Waals surface area contributed by atoms with Crippen LogP contribution < -0.4 is 5.73 Å². The Morgan fingerprint density at radius 1 is 1.28 bits per heavy atom. The summed E-state index contributed by atoms with van der Waals surface area (Å²) < 4.78 is 5.75. The summed E-state index contributed by atoms with van der Waals surface area (Å²) in [5, 5.41) is 1.11. The van der Waals surface area contributed by atoms with Gasteiger partial charge in [0, 0.05) is 43.1 Å². The second-order valence-electron chi connectivity index (χ2n) is 8.80. The number of amides is 2. The van der Waals surface area contributed by atoms with Gasteiger partial charge < -0.3 is 20.4 Å². The Morgan fingerprint density at radius 3 is 2.86 bits per heavy atom. The minimum atomic E-state index is -0.415. The van der Waals surface area contributed by atoms with Crippen LogP contribution in [0.15, 0.2) is 18.2 Å². The Hall–Kier alpha value is -2.60. The molecule has 3 heterocycles. The number of hydrogen-bond acceptors (Lipinski definition) is 3. The number of nitrogens with one attached hydrogen (secondary N) is 1. The molecule has 5 rings (SSSR count). The number of aromatic amines is 1. The van der Waals surface area contributed by atoms with Crippen LogP contribution in [-0.2, 0) is 22.4 Å². The van der Waals surface area contributed by atoms with Gasteiger partial charge in [-0.2, -0.15) is 0 Å². The highest BCUT2D eigenvalue weighted by atomic mass is 16.5. The normalized spacial score (nSPS) is 24.0. The lowest BCUT2D eigenvalue weighted by molar-refractivity contribution is -0.128. The Morgan fingerprint density at radius 2 is 2.14 bits per heavy atom. The van der Waals surface area contributed by atoms with Gasteiger partial charge in [0.05, 0.1) is 17.7 Å². The molecule has 2 amide bonds. The number of primary amides is 1. The van der Waals surface area contributed by atoms with Crippen molar-refractivity contribution in [2.45, 2.75) is 39.0 Å². The van der Waals surface area contributed by atoms with Crippen LogP contribution in [0, 0.1) is 5.41 Å². The molecule has 0 radical (unpaired) electrons. The van der Waals surface area contributed by atoms with E-state index in [4.69, 9.17) is 10.5 Å². The molecule has 152 valence electrons. The monoisotopic (exact) mass is 393 g/mol. The van der Waals surface area contributed by atoms with Crippen LogP contribution in [0.1, 0.15) is 53.4 Å². The lowest BCUT2D eigenvalue weighted by Crippen LogP contribution is -2.33. The van der Waals surface area contributed by atoms with Gasteiger partial charge in [0.1, 0.15) is 0 Å². The molecular weight excluding hydrogens is 366 g/mol. The summed E-state index contributed by atoms with van der Waals surface area (Å²) in [5.41, 5.74) is 12.1. The molecule has 0 saturated carbocycles. The fourth-order valence-electron chi connectivity index (χ4n) is 5.35. The molecule has 0 bridgehead atoms. The summed E-state index contributed by atoms with van der Waals surface area (Å²) >= 11 is 0. The number of carbonyl (C=O) groups excluding carboxylic acids is 2. The third kappa shape index (κ3) is 2.97. The van der Waals surface area contributed by atoms with E-state index in [-0.39, 0.29) is 11.3 Å². The Labute approximate surface area is 170 Å². The van der Waals surface area contributed by atoms with E-state index in [1.54, 1.807) is 6.92 Å². The van der Waals surface area contributed by atoms with Crippen LogP contribution >= 0.6 is 0 Å². The van der Waals surface area contributed by atoms with Gasteiger partial charge in [-0.1, -0.05) is 12.1 Å². The molecule has 2 aromatic rings. The largest absolute Gasteiger partial charge is 0.381 e. The number of fused-ring (bicyclic) bond motifs is 3. The van der Waals surface area contributed by atoms with E-state index in [9.17, 15) is 9.59 Å². The summed E-state index contributed by atoms with van der Waals surface area (Å²) in [7, 11) is 0. The number of aryl methyl sites for hydroxylation is 1. The van der Waals surface area contributed by atoms with Crippen LogP contribution in [0.4, 0.5) is 0 Å². The van der Waals surface area contributed by atoms with Gasteiger partial charge in [-0.3, -0.25) is 9.59 Å². The van der Waals surface area contributed by atoms with E-state index in [2.05, 4.69) is 11.1 Å². The molecule has 3 N–H and O–H groups in total. The predicted molar refractivity (Wildman–Crippen MR) is 112 cm³/mol. The van der Waals surface area contributed by atoms with Crippen molar-refractivity contribution in [3.8, 4) is 0 Å². The lowest BCUT2D eigenvalue weighted by atomic mass is 9.72. The van der Waals surface area contributed by atoms with Crippen molar-refractivity contribution in [2.24, 2.45) is 11.1 Å². The van der Waals surface area contributed by atoms with Crippen LogP contribution in [0.25, 0.3) is 16.5 Å². The molecule has 3 aliphatic rings. The number of benzene rings is 1. The summed E-state index contributed by atoms with van der Waals surface area (Å²) in [6, 6.07) is 3.84. The van der Waals surface area contributed by atoms with Gasteiger partial charge in [0.2, 0.25) is 5.91 Å².